The number of hydrogen-bond donors (Lipinski definition) is 7. The Morgan fingerprint density at radius 2 is 1.60 bits per heavy atom. The Balaban J connectivity index is 1.03. The van der Waals surface area contributed by atoms with E-state index in [0.717, 1.165) is 31.6 Å². The zero-order chi connectivity index (χ0) is 60.3. The molecule has 1 unspecified atom stereocenters. The number of nitrogens with zero attached hydrogens (tertiary/aromatic N) is 3. The SMILES string of the molecule is COc1c(N2CCCC(NC3CCN(C4=C5NC(=O)/C(C)=C\C=C\[C@H](C)[C@H](O)[C@@H](N)[C@@H](O)[C@@H](C)[C@H](OC(C)=O)[C@H](C)[C@@H](OC)/C=C/O[C@@]6(C)Oc7c(C)c(O)c(c(c7C6=O)C4=O)C5=O)CC3)C2)c(F)cc2c(=O)c(C(=O)O)cn(C3CC3)c12. The lowest BCUT2D eigenvalue weighted by molar-refractivity contribution is -0.159. The summed E-state index contributed by atoms with van der Waals surface area (Å²) in [5.74, 6) is -11.4. The van der Waals surface area contributed by atoms with Crippen LogP contribution in [0.3, 0.4) is 0 Å². The third-order valence-corrected chi connectivity index (χ3v) is 17.2. The van der Waals surface area contributed by atoms with Crippen molar-refractivity contribution in [2.24, 2.45) is 23.5 Å². The van der Waals surface area contributed by atoms with E-state index in [1.165, 1.54) is 66.3 Å². The number of Topliss-reactive ketones (excluding diaryl/α,β-unsaturated/α-hetero) is 3. The summed E-state index contributed by atoms with van der Waals surface area (Å²) < 4.78 is 47.7. The van der Waals surface area contributed by atoms with Crippen LogP contribution in [0.4, 0.5) is 10.1 Å². The number of amides is 1. The van der Waals surface area contributed by atoms with Crippen LogP contribution in [-0.4, -0.2) is 154 Å². The molecule has 2 aliphatic carbocycles. The van der Waals surface area contributed by atoms with Crippen LogP contribution in [0.15, 0.2) is 64.6 Å². The van der Waals surface area contributed by atoms with Crippen molar-refractivity contribution in [2.45, 2.75) is 141 Å². The molecule has 446 valence electrons. The standard InChI is InChI=1S/C60H73FN6O16/c1-27-12-10-13-28(2)58(76)64-44-47(65-21-17-33(18-22-65)63-34-14-11-20-66(25-34)46-38(61)24-36-45(56(46)80-9)67(35-15-16-35)26-37(51(36)72)59(77)78)53(74)40-41(52(44)73)49(70)30(4)55-42(40)57(75)60(7,83-55)81-23-19-39(79-8)29(3)54(82-32(6)68)31(5)50(71)43(62)48(27)69/h10,12-13,19,23-24,26-27,29,31,33-35,39,43,48,50,54,63,69-71H,11,14-18,20-22,25,62H2,1-9H3,(H,64,76)(H,77,78)/b12-10+,23-19+,28-13-/t27-,29+,31+,34?,39-,43+,48-,50-,54+,60-/m0/s1. The van der Waals surface area contributed by atoms with Crippen LogP contribution in [0.2, 0.25) is 0 Å². The molecule has 83 heavy (non-hydrogen) atoms. The van der Waals surface area contributed by atoms with Gasteiger partial charge in [0.1, 0.15) is 40.2 Å². The number of aromatic nitrogens is 1. The van der Waals surface area contributed by atoms with Gasteiger partial charge >= 0.3 is 17.7 Å². The van der Waals surface area contributed by atoms with Crippen molar-refractivity contribution in [3.63, 3.8) is 0 Å². The van der Waals surface area contributed by atoms with Crippen LogP contribution in [0, 0.1) is 30.5 Å². The monoisotopic (exact) mass is 1150 g/mol. The molecule has 23 heteroatoms. The molecule has 5 bridgehead atoms. The van der Waals surface area contributed by atoms with Gasteiger partial charge in [-0.1, -0.05) is 39.0 Å². The number of hydrogen-bond acceptors (Lipinski definition) is 19. The van der Waals surface area contributed by atoms with Crippen molar-refractivity contribution >= 4 is 51.8 Å². The van der Waals surface area contributed by atoms with Gasteiger partial charge in [0.15, 0.2) is 11.6 Å². The molecule has 0 spiro atoms. The molecule has 5 aliphatic heterocycles. The summed E-state index contributed by atoms with van der Waals surface area (Å²) in [6, 6.07) is -0.571. The van der Waals surface area contributed by atoms with Crippen molar-refractivity contribution in [1.82, 2.24) is 20.1 Å². The summed E-state index contributed by atoms with van der Waals surface area (Å²) in [4.78, 5) is 101. The molecule has 6 heterocycles. The molecular formula is C60H73FN6O16. The fraction of sp³-hybridized carbons (Fsp3) is 0.517. The first-order chi connectivity index (χ1) is 39.3. The maximum Gasteiger partial charge on any atom is 0.341 e. The van der Waals surface area contributed by atoms with Gasteiger partial charge < -0.3 is 74.8 Å². The summed E-state index contributed by atoms with van der Waals surface area (Å²) >= 11 is 0. The second-order valence-corrected chi connectivity index (χ2v) is 22.9. The average molecular weight is 1150 g/mol. The third kappa shape index (κ3) is 11.2. The summed E-state index contributed by atoms with van der Waals surface area (Å²) in [5.41, 5.74) is 3.79. The number of phenols is 1. The van der Waals surface area contributed by atoms with Gasteiger partial charge in [-0.05, 0) is 64.5 Å². The number of carboxylic acids is 1. The number of benzene rings is 2. The number of ketones is 3. The molecule has 3 aromatic rings. The number of phenolic OH excluding ortho intramolecular Hbond substituents is 1. The normalized spacial score (nSPS) is 29.9. The topological polar surface area (TPSA) is 308 Å². The number of halogens is 1. The number of aromatic hydroxyl groups is 1. The van der Waals surface area contributed by atoms with Crippen LogP contribution in [0.5, 0.6) is 17.2 Å². The molecular weight excluding hydrogens is 1080 g/mol. The number of pyridine rings is 1. The minimum atomic E-state index is -2.18. The van der Waals surface area contributed by atoms with Crippen LogP contribution in [0.1, 0.15) is 133 Å². The molecule has 10 rings (SSSR count). The molecule has 2 aromatic carbocycles. The van der Waals surface area contributed by atoms with E-state index in [4.69, 9.17) is 29.4 Å². The maximum atomic E-state index is 16.4. The number of rotatable bonds is 9. The second-order valence-electron chi connectivity index (χ2n) is 22.9. The van der Waals surface area contributed by atoms with Gasteiger partial charge in [-0.25, -0.2) is 9.18 Å². The number of carbonyl (C=O) groups excluding carboxylic acids is 5. The lowest BCUT2D eigenvalue weighted by Gasteiger charge is -2.41. The predicted octanol–water partition coefficient (Wildman–Crippen LogP) is 4.87. The van der Waals surface area contributed by atoms with E-state index in [1.807, 2.05) is 4.90 Å². The molecule has 1 aromatic heterocycles. The van der Waals surface area contributed by atoms with Gasteiger partial charge in [-0.15, -0.1) is 0 Å². The number of fused-ring (bicyclic) bond motifs is 15. The molecule has 22 nitrogen and oxygen atoms in total. The summed E-state index contributed by atoms with van der Waals surface area (Å²) in [6.07, 6.45) is 7.40. The minimum Gasteiger partial charge on any atom is -0.507 e. The highest BCUT2D eigenvalue weighted by Crippen LogP contribution is 2.50. The van der Waals surface area contributed by atoms with E-state index in [2.05, 4.69) is 10.6 Å². The van der Waals surface area contributed by atoms with Crippen molar-refractivity contribution in [1.29, 1.82) is 0 Å². The number of nitrogens with two attached hydrogens (primary N) is 1. The van der Waals surface area contributed by atoms with E-state index in [-0.39, 0.29) is 76.2 Å². The van der Waals surface area contributed by atoms with E-state index in [0.29, 0.717) is 37.9 Å². The van der Waals surface area contributed by atoms with Crippen molar-refractivity contribution in [3.05, 3.63) is 104 Å². The number of carbonyl (C=O) groups is 6. The predicted molar refractivity (Wildman–Crippen MR) is 300 cm³/mol. The largest absolute Gasteiger partial charge is 0.507 e. The van der Waals surface area contributed by atoms with Crippen LogP contribution in [-0.2, 0) is 23.8 Å². The van der Waals surface area contributed by atoms with E-state index in [9.17, 15) is 44.4 Å². The summed E-state index contributed by atoms with van der Waals surface area (Å²) in [7, 11) is 2.78. The van der Waals surface area contributed by atoms with Crippen LogP contribution < -0.4 is 36.2 Å². The van der Waals surface area contributed by atoms with Gasteiger partial charge in [-0.3, -0.25) is 28.8 Å². The van der Waals surface area contributed by atoms with Crippen molar-refractivity contribution in [3.8, 4) is 17.2 Å². The third-order valence-electron chi connectivity index (χ3n) is 17.2. The first kappa shape index (κ1) is 60.2. The summed E-state index contributed by atoms with van der Waals surface area (Å²) in [6.45, 7) is 11.5. The maximum absolute atomic E-state index is 16.4. The van der Waals surface area contributed by atoms with Crippen molar-refractivity contribution < 1.29 is 77.3 Å². The molecule has 3 fully saturated rings. The number of allylic oxidation sites excluding steroid dienone is 4. The highest BCUT2D eigenvalue weighted by atomic mass is 19.1. The van der Waals surface area contributed by atoms with Gasteiger partial charge in [0.2, 0.25) is 17.0 Å². The Hall–Kier alpha value is -7.44. The Kier molecular flexibility index (Phi) is 17.2. The number of aromatic carboxylic acids is 1. The lowest BCUT2D eigenvalue weighted by atomic mass is 9.81. The molecule has 1 amide bonds. The van der Waals surface area contributed by atoms with E-state index >= 15 is 14.0 Å². The quantitative estimate of drug-likeness (QED) is 0.141. The zero-order valence-corrected chi connectivity index (χ0v) is 47.9. The number of nitrogens with one attached hydrogen (secondary N) is 2. The average Bonchev–Trinajstić information content (AvgIpc) is 4.42. The Morgan fingerprint density at radius 3 is 2.24 bits per heavy atom. The molecule has 10 atom stereocenters. The second kappa shape index (κ2) is 23.7. The number of likely N-dealkylation sites (tertiary alicyclic amines) is 1. The number of anilines is 1. The van der Waals surface area contributed by atoms with E-state index < -0.39 is 129 Å². The fourth-order valence-electron chi connectivity index (χ4n) is 12.4. The first-order valence-corrected chi connectivity index (χ1v) is 28.1. The molecule has 2 saturated heterocycles. The number of ether oxygens (including phenoxy) is 5. The van der Waals surface area contributed by atoms with Gasteiger partial charge in [0, 0.05) is 100 Å². The molecule has 8 N–H and O–H groups in total. The Labute approximate surface area is 478 Å². The lowest BCUT2D eigenvalue weighted by Crippen LogP contribution is -2.53. The van der Waals surface area contributed by atoms with Crippen LogP contribution >= 0.6 is 0 Å². The number of piperidine rings is 2. The minimum absolute atomic E-state index is 0.0529. The fourth-order valence-corrected chi connectivity index (χ4v) is 12.4. The molecule has 0 radical (unpaired) electrons. The van der Waals surface area contributed by atoms with Crippen LogP contribution in [0.25, 0.3) is 10.9 Å². The Morgan fingerprint density at radius 1 is 0.904 bits per heavy atom. The first-order valence-electron chi connectivity index (χ1n) is 28.1. The highest BCUT2D eigenvalue weighted by Gasteiger charge is 2.53. The smallest absolute Gasteiger partial charge is 0.341 e. The number of carboxylic acid groups (broad SMARTS) is 1. The molecule has 7 aliphatic rings. The zero-order valence-electron chi connectivity index (χ0n) is 47.9. The Bertz CT molecular complexity index is 3360. The number of aliphatic hydroxyl groups is 2. The van der Waals surface area contributed by atoms with E-state index in [1.54, 1.807) is 36.3 Å². The van der Waals surface area contributed by atoms with Gasteiger partial charge in [0.25, 0.3) is 11.7 Å². The number of esters is 1. The number of methoxy groups -OCH3 is 2. The van der Waals surface area contributed by atoms with Crippen molar-refractivity contribution in [2.75, 3.05) is 45.3 Å². The summed E-state index contributed by atoms with van der Waals surface area (Å²) in [5, 5.41) is 50.9. The highest BCUT2D eigenvalue weighted by molar-refractivity contribution is 6.32. The molecule has 1 saturated carbocycles. The van der Waals surface area contributed by atoms with Gasteiger partial charge in [-0.2, -0.15) is 0 Å². The number of aliphatic hydroxyl groups excluding tert-OH is 2. The van der Waals surface area contributed by atoms with Gasteiger partial charge in [0.05, 0.1) is 65.3 Å².